The number of piperazine rings is 1. The zero-order valence-electron chi connectivity index (χ0n) is 15.6. The molecule has 150 valence electrons. The maximum Gasteiger partial charge on any atom is 0.325 e. The first-order valence-corrected chi connectivity index (χ1v) is 9.53. The summed E-state index contributed by atoms with van der Waals surface area (Å²) in [6.07, 6.45) is 7.50. The molecule has 1 aromatic heterocycles. The Morgan fingerprint density at radius 2 is 1.89 bits per heavy atom. The Morgan fingerprint density at radius 3 is 2.52 bits per heavy atom. The van der Waals surface area contributed by atoms with Gasteiger partial charge in [0.2, 0.25) is 0 Å². The van der Waals surface area contributed by atoms with Crippen LogP contribution in [0.25, 0.3) is 0 Å². The molecule has 1 aromatic rings. The molecule has 0 aliphatic carbocycles. The van der Waals surface area contributed by atoms with Crippen LogP contribution in [0.2, 0.25) is 0 Å². The van der Waals surface area contributed by atoms with Crippen molar-refractivity contribution in [2.75, 3.05) is 44.2 Å². The van der Waals surface area contributed by atoms with E-state index in [9.17, 15) is 9.59 Å². The van der Waals surface area contributed by atoms with Gasteiger partial charge in [0.25, 0.3) is 0 Å². The zero-order chi connectivity index (χ0) is 18.2. The molecule has 2 aliphatic rings. The van der Waals surface area contributed by atoms with Gasteiger partial charge in [-0.25, -0.2) is 0 Å². The van der Waals surface area contributed by atoms with Crippen molar-refractivity contribution < 1.29 is 14.4 Å². The second-order valence-electron chi connectivity index (χ2n) is 7.01. The molecule has 1 atom stereocenters. The van der Waals surface area contributed by atoms with Gasteiger partial charge in [-0.15, -0.1) is 17.5 Å². The lowest BCUT2D eigenvalue weighted by molar-refractivity contribution is -0.192. The number of carbonyl (C=O) groups is 2. The fourth-order valence-electron chi connectivity index (χ4n) is 3.75. The third-order valence-corrected chi connectivity index (χ3v) is 5.34. The highest BCUT2D eigenvalue weighted by Gasteiger charge is 2.25. The number of hydrogen-bond donors (Lipinski definition) is 1. The number of rotatable bonds is 7. The highest BCUT2D eigenvalue weighted by Crippen LogP contribution is 2.24. The van der Waals surface area contributed by atoms with Gasteiger partial charge in [0.05, 0.1) is 13.1 Å². The molecule has 0 aromatic carbocycles. The van der Waals surface area contributed by atoms with Crippen molar-refractivity contribution in [3.8, 4) is 0 Å². The number of anilines is 1. The summed E-state index contributed by atoms with van der Waals surface area (Å²) in [7, 11) is 0. The monoisotopic (exact) mass is 396 g/mol. The first-order chi connectivity index (χ1) is 12.8. The topological polar surface area (TPSA) is 74.8 Å². The van der Waals surface area contributed by atoms with Crippen LogP contribution in [-0.4, -0.2) is 61.6 Å². The maximum absolute atomic E-state index is 12.2. The van der Waals surface area contributed by atoms with Crippen LogP contribution in [0.4, 0.5) is 5.69 Å². The minimum absolute atomic E-state index is 0. The van der Waals surface area contributed by atoms with Gasteiger partial charge >= 0.3 is 5.97 Å². The number of hydroxylamine groups is 2. The molecule has 0 amide bonds. The van der Waals surface area contributed by atoms with E-state index in [2.05, 4.69) is 15.2 Å². The van der Waals surface area contributed by atoms with E-state index in [1.54, 1.807) is 17.5 Å². The molecule has 2 aliphatic heterocycles. The number of hydrogen-bond acceptors (Lipinski definition) is 7. The second-order valence-corrected chi connectivity index (χ2v) is 7.01. The predicted octanol–water partition coefficient (Wildman–Crippen LogP) is 1.68. The minimum atomic E-state index is -0.233. The summed E-state index contributed by atoms with van der Waals surface area (Å²) >= 11 is 0. The molecular weight excluding hydrogens is 368 g/mol. The fourth-order valence-corrected chi connectivity index (χ4v) is 3.75. The van der Waals surface area contributed by atoms with E-state index < -0.39 is 0 Å². The highest BCUT2D eigenvalue weighted by molar-refractivity contribution is 5.85. The van der Waals surface area contributed by atoms with E-state index in [1.807, 2.05) is 12.1 Å². The summed E-state index contributed by atoms with van der Waals surface area (Å²) in [6.45, 7) is 4.90. The van der Waals surface area contributed by atoms with E-state index in [1.165, 1.54) is 0 Å². The molecule has 1 unspecified atom stereocenters. The third kappa shape index (κ3) is 6.45. The number of aldehydes is 1. The van der Waals surface area contributed by atoms with Crippen LogP contribution in [0.3, 0.4) is 0 Å². The number of halogens is 1. The molecule has 2 fully saturated rings. The molecule has 0 bridgehead atoms. The lowest BCUT2D eigenvalue weighted by atomic mass is 9.83. The van der Waals surface area contributed by atoms with Crippen molar-refractivity contribution in [3.63, 3.8) is 0 Å². The molecule has 7 nitrogen and oxygen atoms in total. The van der Waals surface area contributed by atoms with E-state index >= 15 is 0 Å². The Hall–Kier alpha value is -1.70. The lowest BCUT2D eigenvalue weighted by Crippen LogP contribution is -2.47. The zero-order valence-corrected chi connectivity index (χ0v) is 16.4. The lowest BCUT2D eigenvalue weighted by Gasteiger charge is -2.34. The van der Waals surface area contributed by atoms with E-state index in [-0.39, 0.29) is 24.3 Å². The second kappa shape index (κ2) is 11.2. The van der Waals surface area contributed by atoms with Gasteiger partial charge in [-0.1, -0.05) is 0 Å². The van der Waals surface area contributed by atoms with Crippen molar-refractivity contribution in [3.05, 3.63) is 24.5 Å². The van der Waals surface area contributed by atoms with Crippen molar-refractivity contribution in [2.45, 2.75) is 25.7 Å². The summed E-state index contributed by atoms with van der Waals surface area (Å²) in [5.41, 5.74) is 1.14. The maximum atomic E-state index is 12.2. The van der Waals surface area contributed by atoms with Gasteiger partial charge in [-0.05, 0) is 50.4 Å². The fraction of sp³-hybridized carbons (Fsp3) is 0.632. The average Bonchev–Trinajstić information content (AvgIpc) is 2.70. The number of nitrogens with one attached hydrogen (secondary N) is 1. The number of piperidine rings is 1. The molecule has 8 heteroatoms. The van der Waals surface area contributed by atoms with E-state index in [0.717, 1.165) is 51.0 Å². The summed E-state index contributed by atoms with van der Waals surface area (Å²) in [6, 6.07) is 3.98. The Balaban J connectivity index is 0.00000261. The van der Waals surface area contributed by atoms with Crippen molar-refractivity contribution in [1.82, 2.24) is 15.4 Å². The molecule has 27 heavy (non-hydrogen) atoms. The Bertz CT molecular complexity index is 576. The quantitative estimate of drug-likeness (QED) is 0.703. The molecule has 0 saturated carbocycles. The van der Waals surface area contributed by atoms with Crippen LogP contribution < -0.4 is 10.2 Å². The normalized spacial score (nSPS) is 19.8. The van der Waals surface area contributed by atoms with E-state index in [0.29, 0.717) is 31.8 Å². The molecule has 2 saturated heterocycles. The third-order valence-electron chi connectivity index (χ3n) is 5.34. The summed E-state index contributed by atoms with van der Waals surface area (Å²) in [5, 5.41) is 5.04. The number of carbonyl (C=O) groups excluding carboxylic acids is 2. The van der Waals surface area contributed by atoms with Crippen molar-refractivity contribution in [2.24, 2.45) is 11.8 Å². The summed E-state index contributed by atoms with van der Waals surface area (Å²) in [5.74, 6) is 0.127. The first-order valence-electron chi connectivity index (χ1n) is 9.53. The predicted molar refractivity (Wildman–Crippen MR) is 106 cm³/mol. The minimum Gasteiger partial charge on any atom is -0.369 e. The van der Waals surface area contributed by atoms with Gasteiger partial charge in [0.15, 0.2) is 0 Å². The Morgan fingerprint density at radius 1 is 1.22 bits per heavy atom. The summed E-state index contributed by atoms with van der Waals surface area (Å²) < 4.78 is 0. The Labute approximate surface area is 166 Å². The van der Waals surface area contributed by atoms with Crippen LogP contribution in [-0.2, 0) is 14.4 Å². The van der Waals surface area contributed by atoms with Gasteiger partial charge in [0.1, 0.15) is 6.29 Å². The number of aromatic nitrogens is 1. The average molecular weight is 397 g/mol. The SMILES string of the molecule is Cl.O=CC(CCC(=O)ON1CCN(c2ccncc2)CC1)C1CCNCC1. The Kier molecular flexibility index (Phi) is 8.97. The molecular formula is C19H29ClN4O3. The van der Waals surface area contributed by atoms with Gasteiger partial charge < -0.3 is 19.8 Å². The van der Waals surface area contributed by atoms with E-state index in [4.69, 9.17) is 4.84 Å². The number of nitrogens with zero attached hydrogens (tertiary/aromatic N) is 3. The van der Waals surface area contributed by atoms with Crippen LogP contribution >= 0.6 is 12.4 Å². The molecule has 0 spiro atoms. The molecule has 1 N–H and O–H groups in total. The van der Waals surface area contributed by atoms with Crippen molar-refractivity contribution >= 4 is 30.3 Å². The van der Waals surface area contributed by atoms with Gasteiger partial charge in [-0.3, -0.25) is 9.78 Å². The molecule has 3 heterocycles. The van der Waals surface area contributed by atoms with Crippen molar-refractivity contribution in [1.29, 1.82) is 0 Å². The molecule has 3 rings (SSSR count). The smallest absolute Gasteiger partial charge is 0.325 e. The van der Waals surface area contributed by atoms with Gasteiger partial charge in [-0.2, -0.15) is 0 Å². The number of pyridine rings is 1. The molecule has 0 radical (unpaired) electrons. The van der Waals surface area contributed by atoms with Crippen LogP contribution in [0.15, 0.2) is 24.5 Å². The van der Waals surface area contributed by atoms with Crippen LogP contribution in [0, 0.1) is 11.8 Å². The standard InChI is InChI=1S/C19H28N4O3.ClH/c24-15-17(16-3-7-20-8-4-16)1-2-19(25)26-23-13-11-22(12-14-23)18-5-9-21-10-6-18;/h5-6,9-10,15-17,20H,1-4,7-8,11-14H2;1H. The van der Waals surface area contributed by atoms with Crippen LogP contribution in [0.5, 0.6) is 0 Å². The summed E-state index contributed by atoms with van der Waals surface area (Å²) in [4.78, 5) is 35.3. The van der Waals surface area contributed by atoms with Gasteiger partial charge in [0, 0.05) is 43.5 Å². The first kappa shape index (κ1) is 21.6. The largest absolute Gasteiger partial charge is 0.369 e. The van der Waals surface area contributed by atoms with Crippen LogP contribution in [0.1, 0.15) is 25.7 Å². The highest BCUT2D eigenvalue weighted by atomic mass is 35.5.